The summed E-state index contributed by atoms with van der Waals surface area (Å²) in [7, 11) is 0. The third kappa shape index (κ3) is 4.48. The zero-order valence-corrected chi connectivity index (χ0v) is 14.5. The molecule has 0 saturated carbocycles. The summed E-state index contributed by atoms with van der Waals surface area (Å²) in [6.45, 7) is 6.02. The fourth-order valence-corrected chi connectivity index (χ4v) is 2.34. The molecule has 0 unspecified atom stereocenters. The Hall–Kier alpha value is -2.54. The average molecular weight is 351 g/mol. The molecule has 0 radical (unpaired) electrons. The second-order valence-electron chi connectivity index (χ2n) is 5.16. The second kappa shape index (κ2) is 7.83. The number of nitrogens with zero attached hydrogens (tertiary/aromatic N) is 3. The molecule has 2 rings (SSSR count). The largest absolute Gasteiger partial charge is 0.503 e. The molecule has 0 aliphatic rings. The maximum Gasteiger partial charge on any atom is 0.261 e. The minimum Gasteiger partial charge on any atom is -0.503 e. The normalized spacial score (nSPS) is 11.0. The summed E-state index contributed by atoms with van der Waals surface area (Å²) in [6, 6.07) is 5.00. The Morgan fingerprint density at radius 1 is 1.46 bits per heavy atom. The highest BCUT2D eigenvalue weighted by molar-refractivity contribution is 6.32. The highest BCUT2D eigenvalue weighted by Gasteiger charge is 2.09. The number of aromatic nitrogens is 2. The van der Waals surface area contributed by atoms with Crippen LogP contribution in [-0.4, -0.2) is 33.6 Å². The number of carbonyl (C=O) groups is 1. The van der Waals surface area contributed by atoms with Gasteiger partial charge in [-0.05, 0) is 44.5 Å². The molecule has 8 heteroatoms. The van der Waals surface area contributed by atoms with Crippen molar-refractivity contribution >= 4 is 23.7 Å². The molecule has 2 aromatic rings. The van der Waals surface area contributed by atoms with Crippen LogP contribution in [0.25, 0.3) is 0 Å². The number of benzene rings is 1. The van der Waals surface area contributed by atoms with Gasteiger partial charge in [0.2, 0.25) is 0 Å². The Morgan fingerprint density at radius 3 is 2.83 bits per heavy atom. The van der Waals surface area contributed by atoms with Gasteiger partial charge in [-0.15, -0.1) is 0 Å². The number of amides is 1. The molecule has 1 aromatic heterocycles. The summed E-state index contributed by atoms with van der Waals surface area (Å²) in [5.74, 6) is -0.156. The van der Waals surface area contributed by atoms with Crippen LogP contribution in [0.2, 0.25) is 5.02 Å². The molecule has 2 N–H and O–H groups in total. The van der Waals surface area contributed by atoms with Gasteiger partial charge in [0.1, 0.15) is 6.54 Å². The molecule has 0 saturated heterocycles. The molecule has 0 fully saturated rings. The van der Waals surface area contributed by atoms with Crippen LogP contribution in [0.1, 0.15) is 23.9 Å². The van der Waals surface area contributed by atoms with Gasteiger partial charge >= 0.3 is 0 Å². The van der Waals surface area contributed by atoms with Gasteiger partial charge in [0.15, 0.2) is 11.5 Å². The van der Waals surface area contributed by atoms with E-state index in [1.807, 2.05) is 19.9 Å². The monoisotopic (exact) mass is 350 g/mol. The Labute approximate surface area is 144 Å². The third-order valence-electron chi connectivity index (χ3n) is 3.15. The van der Waals surface area contributed by atoms with Gasteiger partial charge in [0.05, 0.1) is 23.5 Å². The summed E-state index contributed by atoms with van der Waals surface area (Å²) in [5, 5.41) is 18.0. The summed E-state index contributed by atoms with van der Waals surface area (Å²) >= 11 is 5.93. The van der Waals surface area contributed by atoms with Gasteiger partial charge < -0.3 is 9.84 Å². The van der Waals surface area contributed by atoms with Crippen molar-refractivity contribution in [1.82, 2.24) is 15.2 Å². The summed E-state index contributed by atoms with van der Waals surface area (Å²) in [4.78, 5) is 11.9. The maximum absolute atomic E-state index is 11.9. The fourth-order valence-electron chi connectivity index (χ4n) is 2.12. The molecule has 0 aliphatic heterocycles. The van der Waals surface area contributed by atoms with Crippen molar-refractivity contribution < 1.29 is 14.6 Å². The number of ether oxygens (including phenoxy) is 1. The number of nitrogens with one attached hydrogen (secondary N) is 1. The van der Waals surface area contributed by atoms with Crippen molar-refractivity contribution in [3.8, 4) is 11.5 Å². The number of hydrazone groups is 1. The molecule has 128 valence electrons. The summed E-state index contributed by atoms with van der Waals surface area (Å²) < 4.78 is 6.89. The number of hydrogen-bond donors (Lipinski definition) is 2. The quantitative estimate of drug-likeness (QED) is 0.618. The highest BCUT2D eigenvalue weighted by atomic mass is 35.5. The number of rotatable bonds is 6. The van der Waals surface area contributed by atoms with Crippen molar-refractivity contribution in [3.05, 3.63) is 40.2 Å². The predicted octanol–water partition coefficient (Wildman–Crippen LogP) is 2.41. The van der Waals surface area contributed by atoms with E-state index in [0.717, 1.165) is 11.4 Å². The van der Waals surface area contributed by atoms with Crippen LogP contribution in [0.3, 0.4) is 0 Å². The minimum atomic E-state index is -0.299. The number of hydrogen-bond acceptors (Lipinski definition) is 5. The SMILES string of the molecule is CCOc1cc(/C=N/NC(=O)Cn2nc(C)cc2C)cc(Cl)c1O. The van der Waals surface area contributed by atoms with Crippen LogP contribution in [0.5, 0.6) is 11.5 Å². The van der Waals surface area contributed by atoms with Crippen LogP contribution in [0.15, 0.2) is 23.3 Å². The van der Waals surface area contributed by atoms with Gasteiger partial charge in [-0.2, -0.15) is 10.2 Å². The Bertz CT molecular complexity index is 771. The lowest BCUT2D eigenvalue weighted by atomic mass is 10.2. The lowest BCUT2D eigenvalue weighted by Crippen LogP contribution is -2.24. The zero-order valence-electron chi connectivity index (χ0n) is 13.7. The van der Waals surface area contributed by atoms with Gasteiger partial charge in [0.25, 0.3) is 5.91 Å². The first-order chi connectivity index (χ1) is 11.4. The Morgan fingerprint density at radius 2 is 2.21 bits per heavy atom. The maximum atomic E-state index is 11.9. The van der Waals surface area contributed by atoms with E-state index in [1.165, 1.54) is 12.3 Å². The molecule has 24 heavy (non-hydrogen) atoms. The Kier molecular flexibility index (Phi) is 5.81. The van der Waals surface area contributed by atoms with E-state index < -0.39 is 0 Å². The highest BCUT2D eigenvalue weighted by Crippen LogP contribution is 2.34. The number of carbonyl (C=O) groups excluding carboxylic acids is 1. The lowest BCUT2D eigenvalue weighted by molar-refractivity contribution is -0.121. The van der Waals surface area contributed by atoms with Crippen molar-refractivity contribution in [3.63, 3.8) is 0 Å². The van der Waals surface area contributed by atoms with E-state index in [0.29, 0.717) is 12.2 Å². The van der Waals surface area contributed by atoms with Gasteiger partial charge in [-0.25, -0.2) is 5.43 Å². The van der Waals surface area contributed by atoms with Gasteiger partial charge in [0, 0.05) is 5.69 Å². The Balaban J connectivity index is 2.01. The summed E-state index contributed by atoms with van der Waals surface area (Å²) in [5.41, 5.74) is 4.77. The molecular weight excluding hydrogens is 332 g/mol. The van der Waals surface area contributed by atoms with Crippen molar-refractivity contribution in [2.45, 2.75) is 27.3 Å². The first kappa shape index (κ1) is 17.8. The minimum absolute atomic E-state index is 0.0809. The molecule has 7 nitrogen and oxygen atoms in total. The van der Waals surface area contributed by atoms with Crippen LogP contribution < -0.4 is 10.2 Å². The van der Waals surface area contributed by atoms with E-state index in [9.17, 15) is 9.90 Å². The summed E-state index contributed by atoms with van der Waals surface area (Å²) in [6.07, 6.45) is 1.42. The molecule has 1 heterocycles. The van der Waals surface area contributed by atoms with E-state index in [2.05, 4.69) is 15.6 Å². The molecular formula is C16H19ClN4O3. The van der Waals surface area contributed by atoms with Crippen molar-refractivity contribution in [2.24, 2.45) is 5.10 Å². The average Bonchev–Trinajstić information content (AvgIpc) is 2.82. The second-order valence-corrected chi connectivity index (χ2v) is 5.57. The third-order valence-corrected chi connectivity index (χ3v) is 3.44. The number of aromatic hydroxyl groups is 1. The number of phenols is 1. The molecule has 0 bridgehead atoms. The van der Waals surface area contributed by atoms with Crippen LogP contribution in [-0.2, 0) is 11.3 Å². The first-order valence-corrected chi connectivity index (χ1v) is 7.76. The zero-order chi connectivity index (χ0) is 17.7. The number of aryl methyl sites for hydroxylation is 2. The van der Waals surface area contributed by atoms with E-state index in [1.54, 1.807) is 17.7 Å². The topological polar surface area (TPSA) is 88.7 Å². The van der Waals surface area contributed by atoms with Crippen molar-refractivity contribution in [1.29, 1.82) is 0 Å². The first-order valence-electron chi connectivity index (χ1n) is 7.39. The number of halogens is 1. The standard InChI is InChI=1S/C16H19ClN4O3/c1-4-24-14-7-12(6-13(17)16(14)23)8-18-19-15(22)9-21-11(3)5-10(2)20-21/h5-8,23H,4,9H2,1-3H3,(H,19,22)/b18-8+. The predicted molar refractivity (Wildman–Crippen MR) is 91.7 cm³/mol. The molecule has 1 aromatic carbocycles. The van der Waals surface area contributed by atoms with E-state index in [-0.39, 0.29) is 29.0 Å². The molecule has 0 spiro atoms. The molecule has 1 amide bonds. The van der Waals surface area contributed by atoms with Crippen LogP contribution in [0, 0.1) is 13.8 Å². The molecule has 0 aliphatic carbocycles. The number of phenolic OH excluding ortho intramolecular Hbond substituents is 1. The van der Waals surface area contributed by atoms with Gasteiger partial charge in [-0.3, -0.25) is 9.48 Å². The smallest absolute Gasteiger partial charge is 0.261 e. The fraction of sp³-hybridized carbons (Fsp3) is 0.312. The van der Waals surface area contributed by atoms with Crippen molar-refractivity contribution in [2.75, 3.05) is 6.61 Å². The van der Waals surface area contributed by atoms with Crippen LogP contribution >= 0.6 is 11.6 Å². The lowest BCUT2D eigenvalue weighted by Gasteiger charge is -2.08. The van der Waals surface area contributed by atoms with Gasteiger partial charge in [-0.1, -0.05) is 11.6 Å². The van der Waals surface area contributed by atoms with E-state index >= 15 is 0 Å². The van der Waals surface area contributed by atoms with E-state index in [4.69, 9.17) is 16.3 Å². The molecule has 0 atom stereocenters. The van der Waals surface area contributed by atoms with Crippen LogP contribution in [0.4, 0.5) is 0 Å².